The molecule has 1 heterocycles. The van der Waals surface area contributed by atoms with E-state index in [2.05, 4.69) is 70.6 Å². The number of aromatic nitrogens is 2. The first kappa shape index (κ1) is 11.4. The van der Waals surface area contributed by atoms with Crippen LogP contribution in [-0.2, 0) is 14.1 Å². The summed E-state index contributed by atoms with van der Waals surface area (Å²) in [5.41, 5.74) is 1.27. The molecule has 0 fully saturated rings. The van der Waals surface area contributed by atoms with Crippen molar-refractivity contribution < 1.29 is 4.57 Å². The van der Waals surface area contributed by atoms with Crippen LogP contribution in [0.25, 0.3) is 0 Å². The van der Waals surface area contributed by atoms with Crippen molar-refractivity contribution >= 4 is 13.0 Å². The summed E-state index contributed by atoms with van der Waals surface area (Å²) < 4.78 is 4.31. The van der Waals surface area contributed by atoms with Crippen LogP contribution in [0.5, 0.6) is 0 Å². The van der Waals surface area contributed by atoms with Crippen LogP contribution < -0.4 is 10.3 Å². The Hall–Kier alpha value is -0.725. The number of hydrogen-bond donors (Lipinski definition) is 0. The van der Waals surface area contributed by atoms with Crippen molar-refractivity contribution in [3.05, 3.63) is 12.4 Å². The van der Waals surface area contributed by atoms with Crippen molar-refractivity contribution in [3.63, 3.8) is 0 Å². The van der Waals surface area contributed by atoms with Crippen LogP contribution in [0, 0.1) is 5.92 Å². The molecule has 3 heteroatoms. The quantitative estimate of drug-likeness (QED) is 0.499. The Bertz CT molecular complexity index is 294. The molecular weight excluding hydrogens is 171 g/mol. The second-order valence-electron chi connectivity index (χ2n) is 5.00. The molecule has 78 valence electrons. The molecule has 0 atom stereocenters. The van der Waals surface area contributed by atoms with Crippen LogP contribution in [0.4, 0.5) is 0 Å². The molecule has 1 aromatic heterocycles. The molecule has 0 spiro atoms. The van der Waals surface area contributed by atoms with Crippen molar-refractivity contribution in [2.75, 3.05) is 0 Å². The van der Waals surface area contributed by atoms with E-state index in [0.717, 1.165) is 0 Å². The number of hydrogen-bond acceptors (Lipinski definition) is 0. The van der Waals surface area contributed by atoms with Crippen molar-refractivity contribution in [3.8, 4) is 0 Å². The SMILES string of the molecule is CC(C)C(C)(C)[B-]c1n(C)cc[n+]1C. The van der Waals surface area contributed by atoms with E-state index < -0.39 is 0 Å². The van der Waals surface area contributed by atoms with Crippen molar-refractivity contribution in [2.45, 2.75) is 33.0 Å². The molecule has 2 radical (unpaired) electrons. The van der Waals surface area contributed by atoms with Gasteiger partial charge in [0.05, 0.1) is 14.1 Å². The summed E-state index contributed by atoms with van der Waals surface area (Å²) in [5.74, 6) is 0.650. The van der Waals surface area contributed by atoms with Crippen LogP contribution >= 0.6 is 0 Å². The lowest BCUT2D eigenvalue weighted by molar-refractivity contribution is -0.653. The van der Waals surface area contributed by atoms with E-state index in [1.165, 1.54) is 5.72 Å². The van der Waals surface area contributed by atoms with Gasteiger partial charge in [-0.2, -0.15) is 7.28 Å². The first-order valence-corrected chi connectivity index (χ1v) is 5.21. The third-order valence-electron chi connectivity index (χ3n) is 3.23. The zero-order chi connectivity index (χ0) is 10.9. The molecule has 2 nitrogen and oxygen atoms in total. The fraction of sp³-hybridized carbons (Fsp3) is 0.727. The van der Waals surface area contributed by atoms with Gasteiger partial charge in [-0.3, -0.25) is 9.13 Å². The zero-order valence-corrected chi connectivity index (χ0v) is 10.2. The van der Waals surface area contributed by atoms with Crippen LogP contribution in [0.2, 0.25) is 5.31 Å². The van der Waals surface area contributed by atoms with Crippen molar-refractivity contribution in [1.29, 1.82) is 0 Å². The lowest BCUT2D eigenvalue weighted by Gasteiger charge is -2.40. The molecule has 0 amide bonds. The predicted octanol–water partition coefficient (Wildman–Crippen LogP) is 1.03. The molecule has 0 saturated heterocycles. The Morgan fingerprint density at radius 3 is 2.36 bits per heavy atom. The van der Waals surface area contributed by atoms with Gasteiger partial charge in [-0.15, -0.1) is 0 Å². The van der Waals surface area contributed by atoms with E-state index in [1.807, 2.05) is 0 Å². The third-order valence-corrected chi connectivity index (χ3v) is 3.23. The molecular formula is C11H21BN2. The second-order valence-corrected chi connectivity index (χ2v) is 5.00. The van der Waals surface area contributed by atoms with Crippen LogP contribution in [0.3, 0.4) is 0 Å². The first-order valence-electron chi connectivity index (χ1n) is 5.21. The molecule has 14 heavy (non-hydrogen) atoms. The lowest BCUT2D eigenvalue weighted by atomic mass is 9.49. The van der Waals surface area contributed by atoms with E-state index in [0.29, 0.717) is 5.92 Å². The minimum atomic E-state index is 0.240. The van der Waals surface area contributed by atoms with E-state index in [-0.39, 0.29) is 5.31 Å². The highest BCUT2D eigenvalue weighted by Gasteiger charge is 2.14. The molecule has 0 aliphatic heterocycles. The summed E-state index contributed by atoms with van der Waals surface area (Å²) in [4.78, 5) is 0. The monoisotopic (exact) mass is 192 g/mol. The fourth-order valence-corrected chi connectivity index (χ4v) is 1.30. The summed E-state index contributed by atoms with van der Waals surface area (Å²) in [6.07, 6.45) is 4.17. The van der Waals surface area contributed by atoms with Crippen LogP contribution in [-0.4, -0.2) is 11.8 Å². The van der Waals surface area contributed by atoms with Gasteiger partial charge in [0.25, 0.3) is 0 Å². The average Bonchev–Trinajstić information content (AvgIpc) is 2.35. The summed E-state index contributed by atoms with van der Waals surface area (Å²) in [7, 11) is 6.52. The Balaban J connectivity index is 2.88. The molecule has 0 aromatic carbocycles. The average molecular weight is 192 g/mol. The van der Waals surface area contributed by atoms with E-state index >= 15 is 0 Å². The maximum Gasteiger partial charge on any atom is 0.125 e. The van der Waals surface area contributed by atoms with Gasteiger partial charge in [-0.25, -0.2) is 5.31 Å². The fourth-order valence-electron chi connectivity index (χ4n) is 1.30. The van der Waals surface area contributed by atoms with Crippen LogP contribution in [0.1, 0.15) is 27.7 Å². The highest BCUT2D eigenvalue weighted by atomic mass is 15.1. The summed E-state index contributed by atoms with van der Waals surface area (Å²) in [5, 5.41) is 0.240. The number of imidazole rings is 1. The Labute approximate surface area is 88.2 Å². The maximum absolute atomic E-state index is 2.34. The molecule has 1 aromatic rings. The third kappa shape index (κ3) is 2.20. The first-order chi connectivity index (χ1) is 6.34. The van der Waals surface area contributed by atoms with Gasteiger partial charge in [0, 0.05) is 5.72 Å². The van der Waals surface area contributed by atoms with E-state index in [1.54, 1.807) is 0 Å². The highest BCUT2D eigenvalue weighted by molar-refractivity contribution is 6.53. The van der Waals surface area contributed by atoms with Gasteiger partial charge >= 0.3 is 0 Å². The van der Waals surface area contributed by atoms with Gasteiger partial charge in [0.15, 0.2) is 0 Å². The summed E-state index contributed by atoms with van der Waals surface area (Å²) in [6.45, 7) is 9.09. The second kappa shape index (κ2) is 3.80. The molecule has 1 rings (SSSR count). The predicted molar refractivity (Wildman–Crippen MR) is 60.9 cm³/mol. The Morgan fingerprint density at radius 2 is 2.00 bits per heavy atom. The van der Waals surface area contributed by atoms with Gasteiger partial charge in [0.1, 0.15) is 12.4 Å². The number of rotatable bonds is 3. The molecule has 0 bridgehead atoms. The Morgan fingerprint density at radius 1 is 1.43 bits per heavy atom. The zero-order valence-electron chi connectivity index (χ0n) is 10.2. The van der Waals surface area contributed by atoms with Crippen LogP contribution in [0.15, 0.2) is 12.4 Å². The smallest absolute Gasteiger partial charge is 0.125 e. The minimum absolute atomic E-state index is 0.240. The maximum atomic E-state index is 2.34. The Kier molecular flexibility index (Phi) is 3.08. The van der Waals surface area contributed by atoms with E-state index in [9.17, 15) is 0 Å². The standard InChI is InChI=1S/C11H21BN2/c1-9(2)11(3,4)12-10-13(5)7-8-14(10)6/h7-9H,1-6H3. The molecule has 0 aliphatic carbocycles. The molecule has 0 unspecified atom stereocenters. The lowest BCUT2D eigenvalue weighted by Crippen LogP contribution is -2.52. The number of aryl methyl sites for hydroxylation is 2. The molecule has 0 saturated carbocycles. The molecule has 0 N–H and O–H groups in total. The van der Waals surface area contributed by atoms with Crippen molar-refractivity contribution in [1.82, 2.24) is 4.57 Å². The summed E-state index contributed by atoms with van der Waals surface area (Å²) in [6, 6.07) is 0. The summed E-state index contributed by atoms with van der Waals surface area (Å²) >= 11 is 0. The van der Waals surface area contributed by atoms with Gasteiger partial charge < -0.3 is 0 Å². The van der Waals surface area contributed by atoms with E-state index in [4.69, 9.17) is 0 Å². The largest absolute Gasteiger partial charge is 0.280 e. The van der Waals surface area contributed by atoms with Crippen molar-refractivity contribution in [2.24, 2.45) is 20.0 Å². The minimum Gasteiger partial charge on any atom is -0.280 e. The normalized spacial score (nSPS) is 12.5. The topological polar surface area (TPSA) is 8.81 Å². The van der Waals surface area contributed by atoms with Gasteiger partial charge in [-0.05, 0) is 0 Å². The number of nitrogens with zero attached hydrogens (tertiary/aromatic N) is 2. The van der Waals surface area contributed by atoms with Gasteiger partial charge in [0.2, 0.25) is 0 Å². The highest BCUT2D eigenvalue weighted by Crippen LogP contribution is 2.31. The molecule has 0 aliphatic rings. The van der Waals surface area contributed by atoms with Gasteiger partial charge in [-0.1, -0.05) is 33.6 Å².